The Balaban J connectivity index is 1.71. The molecule has 8 heteroatoms. The van der Waals surface area contributed by atoms with Crippen molar-refractivity contribution in [1.82, 2.24) is 5.59 Å². The van der Waals surface area contributed by atoms with Crippen LogP contribution in [0.3, 0.4) is 0 Å². The number of hydrogen-bond acceptors (Lipinski definition) is 7. The van der Waals surface area contributed by atoms with Crippen molar-refractivity contribution in [3.63, 3.8) is 0 Å². The van der Waals surface area contributed by atoms with Crippen LogP contribution in [-0.2, 0) is 14.4 Å². The van der Waals surface area contributed by atoms with Crippen LogP contribution in [0.1, 0.15) is 11.1 Å². The zero-order chi connectivity index (χ0) is 21.4. The molecular weight excluding hydrogens is 420 g/mol. The van der Waals surface area contributed by atoms with Crippen molar-refractivity contribution in [3.05, 3.63) is 90.0 Å². The summed E-state index contributed by atoms with van der Waals surface area (Å²) < 4.78 is 34.7. The van der Waals surface area contributed by atoms with Crippen molar-refractivity contribution in [3.8, 4) is 5.75 Å². The molecule has 0 bridgehead atoms. The first kappa shape index (κ1) is 21.9. The zero-order valence-corrected chi connectivity index (χ0v) is 18.2. The molecule has 0 spiro atoms. The molecule has 1 N–H and O–H groups in total. The Kier molecular flexibility index (Phi) is 7.51. The van der Waals surface area contributed by atoms with E-state index in [0.717, 1.165) is 21.8 Å². The molecule has 0 atom stereocenters. The minimum Gasteiger partial charge on any atom is -0.497 e. The van der Waals surface area contributed by atoms with Crippen LogP contribution in [0.15, 0.2) is 93.8 Å². The van der Waals surface area contributed by atoms with Crippen molar-refractivity contribution in [2.45, 2.75) is 16.7 Å². The van der Waals surface area contributed by atoms with E-state index in [1.807, 2.05) is 61.5 Å². The van der Waals surface area contributed by atoms with Crippen LogP contribution in [0.2, 0.25) is 0 Å². The van der Waals surface area contributed by atoms with E-state index in [2.05, 4.69) is 10.7 Å². The van der Waals surface area contributed by atoms with Crippen molar-refractivity contribution < 1.29 is 17.4 Å². The molecule has 6 nitrogen and oxygen atoms in total. The van der Waals surface area contributed by atoms with Gasteiger partial charge in [0, 0.05) is 10.6 Å². The van der Waals surface area contributed by atoms with E-state index in [9.17, 15) is 8.42 Å². The molecule has 0 aliphatic heterocycles. The first-order valence-corrected chi connectivity index (χ1v) is 11.5. The van der Waals surface area contributed by atoms with Gasteiger partial charge in [-0.25, -0.2) is 0 Å². The van der Waals surface area contributed by atoms with Gasteiger partial charge in [0.2, 0.25) is 0 Å². The Morgan fingerprint density at radius 1 is 0.967 bits per heavy atom. The Labute approximate surface area is 181 Å². The van der Waals surface area contributed by atoms with E-state index in [4.69, 9.17) is 9.02 Å². The van der Waals surface area contributed by atoms with Crippen LogP contribution in [0, 0.1) is 6.92 Å². The van der Waals surface area contributed by atoms with E-state index in [1.54, 1.807) is 31.0 Å². The van der Waals surface area contributed by atoms with E-state index in [0.29, 0.717) is 11.5 Å². The fourth-order valence-corrected chi connectivity index (χ4v) is 4.07. The lowest BCUT2D eigenvalue weighted by atomic mass is 10.1. The Bertz CT molecular complexity index is 1080. The number of nitrogens with one attached hydrogen (secondary N) is 1. The predicted molar refractivity (Wildman–Crippen MR) is 119 cm³/mol. The summed E-state index contributed by atoms with van der Waals surface area (Å²) in [6, 6.07) is 23.6. The van der Waals surface area contributed by atoms with Crippen molar-refractivity contribution >= 4 is 27.6 Å². The lowest BCUT2D eigenvalue weighted by Crippen LogP contribution is -2.19. The molecule has 3 rings (SSSR count). The van der Waals surface area contributed by atoms with Gasteiger partial charge in [0.25, 0.3) is 0 Å². The first-order chi connectivity index (χ1) is 14.5. The Morgan fingerprint density at radius 2 is 1.63 bits per heavy atom. The average molecular weight is 443 g/mol. The number of aryl methyl sites for hydroxylation is 1. The van der Waals surface area contributed by atoms with E-state index >= 15 is 0 Å². The highest BCUT2D eigenvalue weighted by molar-refractivity contribution is 8.00. The van der Waals surface area contributed by atoms with Gasteiger partial charge in [0.05, 0.1) is 17.7 Å². The molecule has 0 aliphatic carbocycles. The molecule has 0 heterocycles. The van der Waals surface area contributed by atoms with Crippen LogP contribution < -0.4 is 10.3 Å². The molecular formula is C22H22N2O4S2. The number of ether oxygens (including phenoxy) is 1. The summed E-state index contributed by atoms with van der Waals surface area (Å²) in [5, 5.41) is 4.19. The molecule has 0 radical (unpaired) electrons. The largest absolute Gasteiger partial charge is 0.497 e. The van der Waals surface area contributed by atoms with Gasteiger partial charge in [0.15, 0.2) is 0 Å². The highest BCUT2D eigenvalue weighted by Crippen LogP contribution is 2.22. The number of hydrogen-bond donors (Lipinski definition) is 1. The molecule has 0 saturated heterocycles. The average Bonchev–Trinajstić information content (AvgIpc) is 2.77. The molecule has 156 valence electrons. The molecule has 3 aromatic carbocycles. The molecule has 0 saturated carbocycles. The van der Waals surface area contributed by atoms with Gasteiger partial charge in [-0.1, -0.05) is 48.0 Å². The number of hydrazone groups is 1. The first-order valence-electron chi connectivity index (χ1n) is 9.12. The number of rotatable bonds is 9. The summed E-state index contributed by atoms with van der Waals surface area (Å²) in [7, 11) is -2.34. The Morgan fingerprint density at radius 3 is 2.27 bits per heavy atom. The van der Waals surface area contributed by atoms with Gasteiger partial charge < -0.3 is 4.74 Å². The molecule has 0 aliphatic rings. The van der Waals surface area contributed by atoms with Crippen molar-refractivity contribution in [2.75, 3.05) is 12.9 Å². The predicted octanol–water partition coefficient (Wildman–Crippen LogP) is 4.41. The standard InChI is InChI=1S/C22H22N2O4S2/c1-17-8-14-21(15-9-17)30(25,26)28-24-23-22(18-6-4-3-5-7-18)16-29-20-12-10-19(27-2)11-13-20/h3-15,24H,16H2,1-2H3/b23-22+. The highest BCUT2D eigenvalue weighted by atomic mass is 32.2. The normalized spacial score (nSPS) is 11.9. The summed E-state index contributed by atoms with van der Waals surface area (Å²) in [6.07, 6.45) is 0. The summed E-state index contributed by atoms with van der Waals surface area (Å²) >= 11 is 1.57. The van der Waals surface area contributed by atoms with E-state index in [-0.39, 0.29) is 4.90 Å². The van der Waals surface area contributed by atoms with Crippen LogP contribution in [0.5, 0.6) is 5.75 Å². The van der Waals surface area contributed by atoms with Crippen molar-refractivity contribution in [1.29, 1.82) is 0 Å². The maximum absolute atomic E-state index is 12.3. The summed E-state index contributed by atoms with van der Waals surface area (Å²) in [4.78, 5) is 1.09. The van der Waals surface area contributed by atoms with E-state index in [1.165, 1.54) is 12.1 Å². The number of nitrogens with zero attached hydrogens (tertiary/aromatic N) is 1. The lowest BCUT2D eigenvalue weighted by molar-refractivity contribution is 0.209. The summed E-state index contributed by atoms with van der Waals surface area (Å²) in [6.45, 7) is 1.88. The molecule has 0 amide bonds. The monoisotopic (exact) mass is 442 g/mol. The van der Waals surface area contributed by atoms with Crippen LogP contribution in [0.4, 0.5) is 0 Å². The third-order valence-corrected chi connectivity index (χ3v) is 6.35. The van der Waals surface area contributed by atoms with Gasteiger partial charge in [-0.2, -0.15) is 19.1 Å². The quantitative estimate of drug-likeness (QED) is 0.301. The fourth-order valence-electron chi connectivity index (χ4n) is 2.51. The SMILES string of the molecule is COc1ccc(SC/C(=N\NOS(=O)(=O)c2ccc(C)cc2)c2ccccc2)cc1. The minimum atomic E-state index is -3.97. The lowest BCUT2D eigenvalue weighted by Gasteiger charge is -2.09. The van der Waals surface area contributed by atoms with Gasteiger partial charge in [-0.15, -0.1) is 16.0 Å². The van der Waals surface area contributed by atoms with Gasteiger partial charge in [-0.05, 0) is 48.9 Å². The zero-order valence-electron chi connectivity index (χ0n) is 16.6. The second kappa shape index (κ2) is 10.3. The molecule has 30 heavy (non-hydrogen) atoms. The highest BCUT2D eigenvalue weighted by Gasteiger charge is 2.15. The van der Waals surface area contributed by atoms with E-state index < -0.39 is 10.1 Å². The molecule has 3 aromatic rings. The van der Waals surface area contributed by atoms with Gasteiger partial charge in [-0.3, -0.25) is 0 Å². The van der Waals surface area contributed by atoms with Crippen LogP contribution >= 0.6 is 11.8 Å². The maximum Gasteiger partial charge on any atom is 0.318 e. The second-order valence-corrected chi connectivity index (χ2v) is 8.93. The Hall–Kier alpha value is -2.81. The van der Waals surface area contributed by atoms with Crippen LogP contribution in [0.25, 0.3) is 0 Å². The van der Waals surface area contributed by atoms with Gasteiger partial charge >= 0.3 is 10.1 Å². The third-order valence-electron chi connectivity index (χ3n) is 4.18. The summed E-state index contributed by atoms with van der Waals surface area (Å²) in [5.41, 5.74) is 4.73. The number of methoxy groups -OCH3 is 1. The van der Waals surface area contributed by atoms with Crippen molar-refractivity contribution in [2.24, 2.45) is 5.10 Å². The topological polar surface area (TPSA) is 77.0 Å². The minimum absolute atomic E-state index is 0.0599. The smallest absolute Gasteiger partial charge is 0.318 e. The van der Waals surface area contributed by atoms with Gasteiger partial charge in [0.1, 0.15) is 5.75 Å². The molecule has 0 fully saturated rings. The summed E-state index contributed by atoms with van der Waals surface area (Å²) in [5.74, 6) is 1.30. The maximum atomic E-state index is 12.3. The fraction of sp³-hybridized carbons (Fsp3) is 0.136. The molecule has 0 unspecified atom stereocenters. The van der Waals surface area contributed by atoms with Crippen LogP contribution in [-0.4, -0.2) is 27.0 Å². The third kappa shape index (κ3) is 6.09. The molecule has 0 aromatic heterocycles. The number of thioether (sulfide) groups is 1. The number of benzene rings is 3. The second-order valence-electron chi connectivity index (χ2n) is 6.33.